The molecule has 4 rings (SSSR count). The topological polar surface area (TPSA) is 61.8 Å². The normalized spacial score (nSPS) is 17.2. The second-order valence-electron chi connectivity index (χ2n) is 7.74. The molecule has 1 N–H and O–H groups in total. The highest BCUT2D eigenvalue weighted by molar-refractivity contribution is 8.15. The van der Waals surface area contributed by atoms with Crippen molar-refractivity contribution in [3.8, 4) is 0 Å². The van der Waals surface area contributed by atoms with Gasteiger partial charge in [0.05, 0.1) is 12.2 Å². The number of benzene rings is 3. The number of carbonyl (C=O) groups is 2. The standard InChI is InChI=1S/C25H20Cl3N3O2S/c1-15-2-9-20(12-21(15)28)29-24(33)22-13-23(32)31(14-16-3-5-17(26)6-4-16)25(34-22)30-19-10-7-18(27)8-11-19/h2-12,22H,13-14H2,1H3,(H,29,33). The van der Waals surface area contributed by atoms with Crippen molar-refractivity contribution in [1.29, 1.82) is 0 Å². The van der Waals surface area contributed by atoms with E-state index in [1.807, 2.05) is 25.1 Å². The third-order valence-electron chi connectivity index (χ3n) is 5.18. The zero-order valence-corrected chi connectivity index (χ0v) is 21.2. The van der Waals surface area contributed by atoms with Crippen molar-refractivity contribution in [2.24, 2.45) is 4.99 Å². The van der Waals surface area contributed by atoms with E-state index in [1.165, 1.54) is 11.8 Å². The van der Waals surface area contributed by atoms with E-state index in [0.29, 0.717) is 38.2 Å². The van der Waals surface area contributed by atoms with Gasteiger partial charge in [-0.1, -0.05) is 64.8 Å². The maximum atomic E-state index is 13.2. The third-order valence-corrected chi connectivity index (χ3v) is 7.28. The van der Waals surface area contributed by atoms with E-state index in [0.717, 1.165) is 11.1 Å². The van der Waals surface area contributed by atoms with Crippen LogP contribution in [0.3, 0.4) is 0 Å². The van der Waals surface area contributed by atoms with Gasteiger partial charge in [-0.3, -0.25) is 14.5 Å². The molecule has 3 aromatic rings. The molecule has 1 atom stereocenters. The maximum absolute atomic E-state index is 13.2. The molecule has 3 aromatic carbocycles. The summed E-state index contributed by atoms with van der Waals surface area (Å²) in [6, 6.07) is 19.6. The Morgan fingerprint density at radius 1 is 1.03 bits per heavy atom. The molecule has 9 heteroatoms. The molecule has 1 unspecified atom stereocenters. The van der Waals surface area contributed by atoms with Crippen LogP contribution in [0.25, 0.3) is 0 Å². The number of nitrogens with zero attached hydrogens (tertiary/aromatic N) is 2. The Bertz CT molecular complexity index is 1250. The fraction of sp³-hybridized carbons (Fsp3) is 0.160. The Kier molecular flexibility index (Phi) is 7.84. The maximum Gasteiger partial charge on any atom is 0.238 e. The van der Waals surface area contributed by atoms with Crippen LogP contribution in [0.5, 0.6) is 0 Å². The average Bonchev–Trinajstić information content (AvgIpc) is 2.81. The Morgan fingerprint density at radius 3 is 2.32 bits per heavy atom. The number of carbonyl (C=O) groups excluding carboxylic acids is 2. The zero-order valence-electron chi connectivity index (χ0n) is 18.1. The van der Waals surface area contributed by atoms with Gasteiger partial charge in [0.1, 0.15) is 5.25 Å². The van der Waals surface area contributed by atoms with E-state index in [-0.39, 0.29) is 18.2 Å². The first-order valence-electron chi connectivity index (χ1n) is 10.4. The summed E-state index contributed by atoms with van der Waals surface area (Å²) in [5.41, 5.74) is 3.03. The van der Waals surface area contributed by atoms with Crippen LogP contribution in [0.15, 0.2) is 71.7 Å². The summed E-state index contributed by atoms with van der Waals surface area (Å²) in [5.74, 6) is -0.475. The van der Waals surface area contributed by atoms with Crippen molar-refractivity contribution in [2.45, 2.75) is 25.1 Å². The van der Waals surface area contributed by atoms with Crippen molar-refractivity contribution in [3.63, 3.8) is 0 Å². The second kappa shape index (κ2) is 10.8. The summed E-state index contributed by atoms with van der Waals surface area (Å²) in [6.45, 7) is 2.20. The van der Waals surface area contributed by atoms with Crippen LogP contribution >= 0.6 is 46.6 Å². The van der Waals surface area contributed by atoms with Crippen molar-refractivity contribution in [2.75, 3.05) is 5.32 Å². The first kappa shape index (κ1) is 24.6. The first-order chi connectivity index (χ1) is 16.3. The van der Waals surface area contributed by atoms with Gasteiger partial charge in [-0.25, -0.2) is 4.99 Å². The molecule has 0 radical (unpaired) electrons. The van der Waals surface area contributed by atoms with Gasteiger partial charge in [0.2, 0.25) is 11.8 Å². The van der Waals surface area contributed by atoms with Crippen LogP contribution in [0.4, 0.5) is 11.4 Å². The monoisotopic (exact) mass is 531 g/mol. The summed E-state index contributed by atoms with van der Waals surface area (Å²) < 4.78 is 0. The summed E-state index contributed by atoms with van der Waals surface area (Å²) in [4.78, 5) is 32.5. The van der Waals surface area contributed by atoms with Crippen LogP contribution < -0.4 is 5.32 Å². The molecule has 0 saturated carbocycles. The number of thioether (sulfide) groups is 1. The largest absolute Gasteiger partial charge is 0.325 e. The molecule has 0 aromatic heterocycles. The van der Waals surface area contributed by atoms with Gasteiger partial charge in [0, 0.05) is 27.2 Å². The minimum absolute atomic E-state index is 0.0450. The predicted molar refractivity (Wildman–Crippen MR) is 141 cm³/mol. The molecule has 34 heavy (non-hydrogen) atoms. The Hall–Kier alpha value is -2.51. The lowest BCUT2D eigenvalue weighted by molar-refractivity contribution is -0.129. The summed E-state index contributed by atoms with van der Waals surface area (Å²) in [5, 5.41) is 4.43. The van der Waals surface area contributed by atoms with E-state index in [9.17, 15) is 9.59 Å². The van der Waals surface area contributed by atoms with Gasteiger partial charge in [-0.15, -0.1) is 0 Å². The molecule has 1 fully saturated rings. The first-order valence-corrected chi connectivity index (χ1v) is 12.4. The van der Waals surface area contributed by atoms with Gasteiger partial charge in [0.25, 0.3) is 0 Å². The number of hydrogen-bond donors (Lipinski definition) is 1. The Morgan fingerprint density at radius 2 is 1.68 bits per heavy atom. The predicted octanol–water partition coefficient (Wildman–Crippen LogP) is 7.12. The molecule has 0 spiro atoms. The number of nitrogens with one attached hydrogen (secondary N) is 1. The average molecular weight is 533 g/mol. The Balaban J connectivity index is 1.59. The lowest BCUT2D eigenvalue weighted by atomic mass is 10.2. The van der Waals surface area contributed by atoms with E-state index in [2.05, 4.69) is 10.3 Å². The second-order valence-corrected chi connectivity index (χ2v) is 10.2. The highest BCUT2D eigenvalue weighted by atomic mass is 35.5. The number of aryl methyl sites for hydroxylation is 1. The van der Waals surface area contributed by atoms with Gasteiger partial charge in [0.15, 0.2) is 5.17 Å². The van der Waals surface area contributed by atoms with E-state index < -0.39 is 5.25 Å². The third kappa shape index (κ3) is 6.13. The minimum Gasteiger partial charge on any atom is -0.325 e. The number of aliphatic imine (C=N–C) groups is 1. The smallest absolute Gasteiger partial charge is 0.238 e. The van der Waals surface area contributed by atoms with Crippen LogP contribution in [-0.2, 0) is 16.1 Å². The molecule has 1 saturated heterocycles. The van der Waals surface area contributed by atoms with Gasteiger partial charge in [-0.05, 0) is 66.6 Å². The zero-order chi connectivity index (χ0) is 24.2. The summed E-state index contributed by atoms with van der Waals surface area (Å²) in [7, 11) is 0. The van der Waals surface area contributed by atoms with E-state index >= 15 is 0 Å². The fourth-order valence-electron chi connectivity index (χ4n) is 3.29. The number of amides is 2. The lowest BCUT2D eigenvalue weighted by Gasteiger charge is -2.32. The van der Waals surface area contributed by atoms with Crippen molar-refractivity contribution < 1.29 is 9.59 Å². The molecule has 1 aliphatic rings. The van der Waals surface area contributed by atoms with Gasteiger partial charge in [-0.2, -0.15) is 0 Å². The van der Waals surface area contributed by atoms with Crippen LogP contribution in [0.1, 0.15) is 17.5 Å². The number of amidine groups is 1. The molecular formula is C25H20Cl3N3O2S. The van der Waals surface area contributed by atoms with Crippen LogP contribution in [0, 0.1) is 6.92 Å². The molecule has 1 heterocycles. The minimum atomic E-state index is -0.639. The molecule has 1 aliphatic heterocycles. The SMILES string of the molecule is Cc1ccc(NC(=O)C2CC(=O)N(Cc3ccc(Cl)cc3)C(=Nc3ccc(Cl)cc3)S2)cc1Cl. The number of anilines is 1. The van der Waals surface area contributed by atoms with Crippen LogP contribution in [0.2, 0.25) is 15.1 Å². The van der Waals surface area contributed by atoms with Gasteiger partial charge >= 0.3 is 0 Å². The van der Waals surface area contributed by atoms with Crippen molar-refractivity contribution in [1.82, 2.24) is 4.90 Å². The van der Waals surface area contributed by atoms with Crippen LogP contribution in [-0.4, -0.2) is 27.1 Å². The van der Waals surface area contributed by atoms with Crippen molar-refractivity contribution in [3.05, 3.63) is 92.9 Å². The Labute approximate surface area is 217 Å². The highest BCUT2D eigenvalue weighted by Gasteiger charge is 2.36. The van der Waals surface area contributed by atoms with E-state index in [1.54, 1.807) is 53.4 Å². The molecule has 0 bridgehead atoms. The van der Waals surface area contributed by atoms with Gasteiger partial charge < -0.3 is 5.32 Å². The van der Waals surface area contributed by atoms with E-state index in [4.69, 9.17) is 34.8 Å². The van der Waals surface area contributed by atoms with Crippen molar-refractivity contribution >= 4 is 74.9 Å². The molecule has 0 aliphatic carbocycles. The molecule has 5 nitrogen and oxygen atoms in total. The molecule has 2 amide bonds. The number of rotatable bonds is 5. The lowest BCUT2D eigenvalue weighted by Crippen LogP contribution is -2.44. The summed E-state index contributed by atoms with van der Waals surface area (Å²) in [6.07, 6.45) is 0.0450. The number of hydrogen-bond acceptors (Lipinski definition) is 4. The summed E-state index contributed by atoms with van der Waals surface area (Å²) >= 11 is 19.4. The molecular weight excluding hydrogens is 513 g/mol. The fourth-order valence-corrected chi connectivity index (χ4v) is 4.82. The molecule has 174 valence electrons. The highest BCUT2D eigenvalue weighted by Crippen LogP contribution is 2.32. The number of halogens is 3. The quantitative estimate of drug-likeness (QED) is 0.381.